The van der Waals surface area contributed by atoms with E-state index >= 15 is 0 Å². The van der Waals surface area contributed by atoms with Crippen LogP contribution in [0.5, 0.6) is 11.5 Å². The lowest BCUT2D eigenvalue weighted by molar-refractivity contribution is -0.385. The van der Waals surface area contributed by atoms with E-state index in [2.05, 4.69) is 11.9 Å². The first-order valence-electron chi connectivity index (χ1n) is 5.35. The number of benzene rings is 1. The Bertz CT molecular complexity index is 446. The summed E-state index contributed by atoms with van der Waals surface area (Å²) in [5.41, 5.74) is 0.711. The number of ether oxygens (including phenoxy) is 2. The highest BCUT2D eigenvalue weighted by atomic mass is 16.6. The topological polar surface area (TPSA) is 73.6 Å². The third-order valence-corrected chi connectivity index (χ3v) is 2.22. The highest BCUT2D eigenvalue weighted by Gasteiger charge is 2.16. The third kappa shape index (κ3) is 3.74. The van der Waals surface area contributed by atoms with Gasteiger partial charge in [-0.1, -0.05) is 6.58 Å². The molecule has 0 bridgehead atoms. The first kappa shape index (κ1) is 14.0. The van der Waals surface area contributed by atoms with Crippen molar-refractivity contribution in [1.82, 2.24) is 5.32 Å². The van der Waals surface area contributed by atoms with Gasteiger partial charge in [-0.25, -0.2) is 0 Å². The van der Waals surface area contributed by atoms with Gasteiger partial charge in [0.05, 0.1) is 12.0 Å². The molecule has 6 heteroatoms. The molecule has 18 heavy (non-hydrogen) atoms. The summed E-state index contributed by atoms with van der Waals surface area (Å²) in [6, 6.07) is 4.37. The fourth-order valence-corrected chi connectivity index (χ4v) is 1.37. The molecule has 0 saturated carbocycles. The zero-order valence-electron chi connectivity index (χ0n) is 10.4. The van der Waals surface area contributed by atoms with E-state index < -0.39 is 4.92 Å². The van der Waals surface area contributed by atoms with E-state index in [4.69, 9.17) is 9.47 Å². The van der Waals surface area contributed by atoms with Crippen molar-refractivity contribution in [3.63, 3.8) is 0 Å². The third-order valence-electron chi connectivity index (χ3n) is 2.22. The van der Waals surface area contributed by atoms with Crippen LogP contribution < -0.4 is 14.8 Å². The van der Waals surface area contributed by atoms with Gasteiger partial charge in [0.2, 0.25) is 5.75 Å². The van der Waals surface area contributed by atoms with Gasteiger partial charge in [-0.3, -0.25) is 10.1 Å². The molecule has 98 valence electrons. The summed E-state index contributed by atoms with van der Waals surface area (Å²) in [5, 5.41) is 13.8. The van der Waals surface area contributed by atoms with E-state index in [-0.39, 0.29) is 18.0 Å². The van der Waals surface area contributed by atoms with Gasteiger partial charge in [0.1, 0.15) is 12.4 Å². The summed E-state index contributed by atoms with van der Waals surface area (Å²) in [5.74, 6) is 0.687. The second-order valence-electron chi connectivity index (χ2n) is 3.66. The summed E-state index contributed by atoms with van der Waals surface area (Å²) < 4.78 is 10.4. The van der Waals surface area contributed by atoms with Crippen LogP contribution in [0.1, 0.15) is 0 Å². The molecule has 0 aliphatic rings. The monoisotopic (exact) mass is 252 g/mol. The van der Waals surface area contributed by atoms with Crippen LogP contribution >= 0.6 is 0 Å². The van der Waals surface area contributed by atoms with E-state index in [0.717, 1.165) is 5.57 Å². The highest BCUT2D eigenvalue weighted by molar-refractivity contribution is 5.50. The van der Waals surface area contributed by atoms with E-state index in [9.17, 15) is 10.1 Å². The molecule has 0 atom stereocenters. The SMILES string of the molecule is C=C(CNC)COc1cc(OC)ccc1[N+](=O)[O-]. The number of hydrogen-bond donors (Lipinski definition) is 1. The lowest BCUT2D eigenvalue weighted by Crippen LogP contribution is -2.14. The Kier molecular flexibility index (Phi) is 5.13. The maximum atomic E-state index is 10.8. The standard InChI is InChI=1S/C12H16N2O4/c1-9(7-13-2)8-18-12-6-10(17-3)4-5-11(12)14(15)16/h4-6,13H,1,7-8H2,2-3H3. The molecular formula is C12H16N2O4. The predicted molar refractivity (Wildman–Crippen MR) is 68.2 cm³/mol. The average molecular weight is 252 g/mol. The molecular weight excluding hydrogens is 236 g/mol. The molecule has 0 aliphatic carbocycles. The van der Waals surface area contributed by atoms with Crippen molar-refractivity contribution >= 4 is 5.69 Å². The Morgan fingerprint density at radius 3 is 2.83 bits per heavy atom. The van der Waals surface area contributed by atoms with E-state index in [0.29, 0.717) is 12.3 Å². The summed E-state index contributed by atoms with van der Waals surface area (Å²) in [4.78, 5) is 10.4. The van der Waals surface area contributed by atoms with Crippen molar-refractivity contribution in [1.29, 1.82) is 0 Å². The van der Waals surface area contributed by atoms with E-state index in [1.165, 1.54) is 25.3 Å². The molecule has 1 N–H and O–H groups in total. The van der Waals surface area contributed by atoms with Crippen LogP contribution in [0.15, 0.2) is 30.4 Å². The molecule has 1 aromatic rings. The van der Waals surface area contributed by atoms with Crippen molar-refractivity contribution in [2.75, 3.05) is 27.3 Å². The Balaban J connectivity index is 2.84. The number of methoxy groups -OCH3 is 1. The zero-order chi connectivity index (χ0) is 13.5. The summed E-state index contributed by atoms with van der Waals surface area (Å²) in [7, 11) is 3.28. The van der Waals surface area contributed by atoms with Gasteiger partial charge in [-0.05, 0) is 18.7 Å². The summed E-state index contributed by atoms with van der Waals surface area (Å²) >= 11 is 0. The van der Waals surface area contributed by atoms with Gasteiger partial charge in [0, 0.05) is 18.7 Å². The number of rotatable bonds is 7. The van der Waals surface area contributed by atoms with Crippen molar-refractivity contribution in [2.45, 2.75) is 0 Å². The molecule has 0 heterocycles. The van der Waals surface area contributed by atoms with Gasteiger partial charge in [-0.15, -0.1) is 0 Å². The first-order valence-corrected chi connectivity index (χ1v) is 5.35. The second kappa shape index (κ2) is 6.61. The number of nitrogens with zero attached hydrogens (tertiary/aromatic N) is 1. The fourth-order valence-electron chi connectivity index (χ4n) is 1.37. The minimum Gasteiger partial charge on any atom is -0.497 e. The van der Waals surface area contributed by atoms with Gasteiger partial charge in [0.15, 0.2) is 0 Å². The fraction of sp³-hybridized carbons (Fsp3) is 0.333. The molecule has 0 amide bonds. The molecule has 0 fully saturated rings. The Morgan fingerprint density at radius 2 is 2.28 bits per heavy atom. The zero-order valence-corrected chi connectivity index (χ0v) is 10.4. The number of nitrogens with one attached hydrogen (secondary N) is 1. The van der Waals surface area contributed by atoms with Gasteiger partial charge >= 0.3 is 5.69 Å². The van der Waals surface area contributed by atoms with Crippen LogP contribution in [0.4, 0.5) is 5.69 Å². The van der Waals surface area contributed by atoms with Crippen molar-refractivity contribution in [3.05, 3.63) is 40.5 Å². The Labute approximate surface area is 105 Å². The van der Waals surface area contributed by atoms with Crippen LogP contribution in [0, 0.1) is 10.1 Å². The van der Waals surface area contributed by atoms with Gasteiger partial charge in [-0.2, -0.15) is 0 Å². The smallest absolute Gasteiger partial charge is 0.311 e. The molecule has 1 aromatic carbocycles. The maximum Gasteiger partial charge on any atom is 0.311 e. The quantitative estimate of drug-likeness (QED) is 0.454. The number of hydrogen-bond acceptors (Lipinski definition) is 5. The second-order valence-corrected chi connectivity index (χ2v) is 3.66. The van der Waals surface area contributed by atoms with Gasteiger partial charge in [0.25, 0.3) is 0 Å². The minimum atomic E-state index is -0.490. The molecule has 0 aromatic heterocycles. The maximum absolute atomic E-state index is 10.8. The van der Waals surface area contributed by atoms with Crippen molar-refractivity contribution in [2.24, 2.45) is 0 Å². The summed E-state index contributed by atoms with van der Waals surface area (Å²) in [6.45, 7) is 4.60. The van der Waals surface area contributed by atoms with Crippen LogP contribution in [0.25, 0.3) is 0 Å². The lowest BCUT2D eigenvalue weighted by Gasteiger charge is -2.09. The first-order chi connectivity index (χ1) is 8.58. The molecule has 1 rings (SSSR count). The van der Waals surface area contributed by atoms with Crippen LogP contribution in [0.3, 0.4) is 0 Å². The van der Waals surface area contributed by atoms with Gasteiger partial charge < -0.3 is 14.8 Å². The van der Waals surface area contributed by atoms with E-state index in [1.807, 2.05) is 0 Å². The minimum absolute atomic E-state index is 0.0898. The molecule has 6 nitrogen and oxygen atoms in total. The van der Waals surface area contributed by atoms with Crippen molar-refractivity contribution < 1.29 is 14.4 Å². The highest BCUT2D eigenvalue weighted by Crippen LogP contribution is 2.31. The number of likely N-dealkylation sites (N-methyl/N-ethyl adjacent to an activating group) is 1. The number of nitro benzene ring substituents is 1. The van der Waals surface area contributed by atoms with Crippen LogP contribution in [-0.2, 0) is 0 Å². The largest absolute Gasteiger partial charge is 0.497 e. The molecule has 0 radical (unpaired) electrons. The van der Waals surface area contributed by atoms with E-state index in [1.54, 1.807) is 7.05 Å². The lowest BCUT2D eigenvalue weighted by atomic mass is 10.2. The predicted octanol–water partition coefficient (Wildman–Crippen LogP) is 1.76. The normalized spacial score (nSPS) is 9.89. The summed E-state index contributed by atoms with van der Waals surface area (Å²) in [6.07, 6.45) is 0. The number of nitro groups is 1. The Hall–Kier alpha value is -2.08. The average Bonchev–Trinajstić information content (AvgIpc) is 2.36. The van der Waals surface area contributed by atoms with Crippen molar-refractivity contribution in [3.8, 4) is 11.5 Å². The molecule has 0 aliphatic heterocycles. The molecule has 0 unspecified atom stereocenters. The Morgan fingerprint density at radius 1 is 1.56 bits per heavy atom. The van der Waals surface area contributed by atoms with Crippen LogP contribution in [-0.4, -0.2) is 32.2 Å². The van der Waals surface area contributed by atoms with Crippen LogP contribution in [0.2, 0.25) is 0 Å². The molecule has 0 saturated heterocycles. The molecule has 0 spiro atoms.